The predicted molar refractivity (Wildman–Crippen MR) is 153 cm³/mol. The second-order valence-corrected chi connectivity index (χ2v) is 10.1. The number of aryl methyl sites for hydroxylation is 2. The lowest BCUT2D eigenvalue weighted by molar-refractivity contribution is -0.142. The molecule has 37 heavy (non-hydrogen) atoms. The molecule has 0 spiro atoms. The number of benzene rings is 3. The van der Waals surface area contributed by atoms with Crippen molar-refractivity contribution in [2.45, 2.75) is 59.0 Å². The Morgan fingerprint density at radius 1 is 0.946 bits per heavy atom. The Morgan fingerprint density at radius 2 is 1.70 bits per heavy atom. The van der Waals surface area contributed by atoms with E-state index < -0.39 is 6.04 Å². The van der Waals surface area contributed by atoms with Gasteiger partial charge in [0.25, 0.3) is 5.91 Å². The molecular weight excluding hydrogens is 528 g/mol. The Hall–Kier alpha value is -3.12. The number of carbonyl (C=O) groups is 2. The van der Waals surface area contributed by atoms with Crippen molar-refractivity contribution >= 4 is 27.7 Å². The third kappa shape index (κ3) is 8.74. The number of hydrogen-bond acceptors (Lipinski definition) is 3. The van der Waals surface area contributed by atoms with Gasteiger partial charge in [-0.1, -0.05) is 86.5 Å². The topological polar surface area (TPSA) is 58.6 Å². The highest BCUT2D eigenvalue weighted by molar-refractivity contribution is 9.10. The Kier molecular flexibility index (Phi) is 11.2. The lowest BCUT2D eigenvalue weighted by Gasteiger charge is -2.31. The normalized spacial score (nSPS) is 11.6. The van der Waals surface area contributed by atoms with Crippen molar-refractivity contribution in [3.63, 3.8) is 0 Å². The summed E-state index contributed by atoms with van der Waals surface area (Å²) >= 11 is 3.55. The van der Waals surface area contributed by atoms with Crippen LogP contribution in [0.4, 0.5) is 0 Å². The molecule has 0 saturated heterocycles. The summed E-state index contributed by atoms with van der Waals surface area (Å²) in [7, 11) is 0. The van der Waals surface area contributed by atoms with E-state index in [1.807, 2.05) is 73.7 Å². The fourth-order valence-corrected chi connectivity index (χ4v) is 4.71. The maximum Gasteiger partial charge on any atom is 0.261 e. The maximum atomic E-state index is 13.7. The third-order valence-electron chi connectivity index (χ3n) is 6.29. The Labute approximate surface area is 229 Å². The first-order chi connectivity index (χ1) is 17.9. The molecule has 0 aliphatic carbocycles. The molecule has 3 aromatic carbocycles. The zero-order chi connectivity index (χ0) is 26.6. The molecule has 6 heteroatoms. The molecule has 0 aromatic heterocycles. The lowest BCUT2D eigenvalue weighted by atomic mass is 10.0. The highest BCUT2D eigenvalue weighted by Crippen LogP contribution is 2.26. The van der Waals surface area contributed by atoms with Crippen LogP contribution in [0.1, 0.15) is 48.9 Å². The van der Waals surface area contributed by atoms with Gasteiger partial charge in [-0.15, -0.1) is 0 Å². The minimum Gasteiger partial charge on any atom is -0.483 e. The number of unbranched alkanes of at least 4 members (excludes halogenated alkanes) is 1. The Morgan fingerprint density at radius 3 is 2.38 bits per heavy atom. The summed E-state index contributed by atoms with van der Waals surface area (Å²) < 4.78 is 6.76. The monoisotopic (exact) mass is 564 g/mol. The van der Waals surface area contributed by atoms with E-state index in [2.05, 4.69) is 41.2 Å². The molecule has 1 atom stereocenters. The third-order valence-corrected chi connectivity index (χ3v) is 6.91. The van der Waals surface area contributed by atoms with Crippen molar-refractivity contribution < 1.29 is 14.3 Å². The van der Waals surface area contributed by atoms with Crippen molar-refractivity contribution in [2.75, 3.05) is 13.2 Å². The molecule has 0 fully saturated rings. The molecular formula is C31H37BrN2O3. The maximum absolute atomic E-state index is 13.7. The number of rotatable bonds is 13. The quantitative estimate of drug-likeness (QED) is 0.249. The summed E-state index contributed by atoms with van der Waals surface area (Å²) in [6.45, 7) is 6.94. The van der Waals surface area contributed by atoms with Gasteiger partial charge < -0.3 is 15.0 Å². The van der Waals surface area contributed by atoms with E-state index in [1.165, 1.54) is 5.56 Å². The van der Waals surface area contributed by atoms with Gasteiger partial charge in [-0.25, -0.2) is 0 Å². The zero-order valence-electron chi connectivity index (χ0n) is 22.0. The molecule has 5 nitrogen and oxygen atoms in total. The SMILES string of the molecule is CCCCNC(=O)C(Cc1ccccc1)N(Cc1cccc(C)c1)C(=O)COc1ccc(CC)cc1Br. The highest BCUT2D eigenvalue weighted by atomic mass is 79.9. The van der Waals surface area contributed by atoms with Gasteiger partial charge in [-0.05, 0) is 64.5 Å². The molecule has 2 amide bonds. The first-order valence-corrected chi connectivity index (χ1v) is 13.8. The summed E-state index contributed by atoms with van der Waals surface area (Å²) in [5.41, 5.74) is 4.26. The minimum atomic E-state index is -0.665. The minimum absolute atomic E-state index is 0.146. The second-order valence-electron chi connectivity index (χ2n) is 9.27. The Bertz CT molecular complexity index is 1170. The summed E-state index contributed by atoms with van der Waals surface area (Å²) in [5.74, 6) is 0.222. The fraction of sp³-hybridized carbons (Fsp3) is 0.355. The van der Waals surface area contributed by atoms with Gasteiger partial charge in [0, 0.05) is 19.5 Å². The molecule has 3 aromatic rings. The molecule has 0 heterocycles. The van der Waals surface area contributed by atoms with E-state index in [0.717, 1.165) is 40.4 Å². The second kappa shape index (κ2) is 14.6. The van der Waals surface area contributed by atoms with Gasteiger partial charge in [0.1, 0.15) is 11.8 Å². The molecule has 0 bridgehead atoms. The molecule has 0 aliphatic rings. The van der Waals surface area contributed by atoms with Crippen LogP contribution in [-0.4, -0.2) is 35.9 Å². The number of amides is 2. The number of hydrogen-bond donors (Lipinski definition) is 1. The van der Waals surface area contributed by atoms with Crippen LogP contribution < -0.4 is 10.1 Å². The summed E-state index contributed by atoms with van der Waals surface area (Å²) in [6.07, 6.45) is 3.21. The standard InChI is InChI=1S/C31H37BrN2O3/c1-4-6-17-33-31(36)28(20-25-12-8-7-9-13-25)34(21-26-14-10-11-23(3)18-26)30(35)22-37-29-16-15-24(5-2)19-27(29)32/h7-16,18-19,28H,4-6,17,20-22H2,1-3H3,(H,33,36). The van der Waals surface area contributed by atoms with E-state index >= 15 is 0 Å². The molecule has 1 N–H and O–H groups in total. The molecule has 3 rings (SSSR count). The van der Waals surface area contributed by atoms with Gasteiger partial charge in [0.2, 0.25) is 5.91 Å². The van der Waals surface area contributed by atoms with Crippen molar-refractivity contribution in [1.82, 2.24) is 10.2 Å². The van der Waals surface area contributed by atoms with Gasteiger partial charge in [-0.3, -0.25) is 9.59 Å². The van der Waals surface area contributed by atoms with Crippen LogP contribution in [0.5, 0.6) is 5.75 Å². The average molecular weight is 566 g/mol. The predicted octanol–water partition coefficient (Wildman–Crippen LogP) is 6.26. The van der Waals surface area contributed by atoms with Crippen LogP contribution in [0.25, 0.3) is 0 Å². The lowest BCUT2D eigenvalue weighted by Crippen LogP contribution is -2.51. The number of halogens is 1. The largest absolute Gasteiger partial charge is 0.483 e. The van der Waals surface area contributed by atoms with Gasteiger partial charge in [0.05, 0.1) is 4.47 Å². The number of nitrogens with one attached hydrogen (secondary N) is 1. The average Bonchev–Trinajstić information content (AvgIpc) is 2.90. The zero-order valence-corrected chi connectivity index (χ0v) is 23.6. The van der Waals surface area contributed by atoms with Crippen LogP contribution in [-0.2, 0) is 29.0 Å². The molecule has 0 saturated carbocycles. The van der Waals surface area contributed by atoms with Crippen molar-refractivity contribution in [3.8, 4) is 5.75 Å². The van der Waals surface area contributed by atoms with Crippen LogP contribution in [0.3, 0.4) is 0 Å². The molecule has 0 radical (unpaired) electrons. The number of nitrogens with zero attached hydrogens (tertiary/aromatic N) is 1. The van der Waals surface area contributed by atoms with E-state index in [9.17, 15) is 9.59 Å². The van der Waals surface area contributed by atoms with Gasteiger partial charge in [-0.2, -0.15) is 0 Å². The number of carbonyl (C=O) groups excluding carboxylic acids is 2. The van der Waals surface area contributed by atoms with E-state index in [1.54, 1.807) is 4.90 Å². The van der Waals surface area contributed by atoms with Crippen LogP contribution in [0.2, 0.25) is 0 Å². The Balaban J connectivity index is 1.89. The molecule has 196 valence electrons. The summed E-state index contributed by atoms with van der Waals surface area (Å²) in [6, 6.07) is 23.1. The van der Waals surface area contributed by atoms with Crippen molar-refractivity contribution in [2.24, 2.45) is 0 Å². The van der Waals surface area contributed by atoms with Crippen molar-refractivity contribution in [1.29, 1.82) is 0 Å². The summed E-state index contributed by atoms with van der Waals surface area (Å²) in [4.78, 5) is 28.8. The van der Waals surface area contributed by atoms with Crippen LogP contribution in [0, 0.1) is 6.92 Å². The van der Waals surface area contributed by atoms with Crippen LogP contribution in [0.15, 0.2) is 77.3 Å². The fourth-order valence-electron chi connectivity index (χ4n) is 4.17. The first-order valence-electron chi connectivity index (χ1n) is 13.0. The van der Waals surface area contributed by atoms with Gasteiger partial charge >= 0.3 is 0 Å². The van der Waals surface area contributed by atoms with E-state index in [0.29, 0.717) is 25.3 Å². The smallest absolute Gasteiger partial charge is 0.261 e. The summed E-state index contributed by atoms with van der Waals surface area (Å²) in [5, 5.41) is 3.05. The number of ether oxygens (including phenoxy) is 1. The van der Waals surface area contributed by atoms with Gasteiger partial charge in [0.15, 0.2) is 6.61 Å². The van der Waals surface area contributed by atoms with Crippen LogP contribution >= 0.6 is 15.9 Å². The molecule has 1 unspecified atom stereocenters. The van der Waals surface area contributed by atoms with Crippen molar-refractivity contribution in [3.05, 3.63) is 99.5 Å². The highest BCUT2D eigenvalue weighted by Gasteiger charge is 2.30. The van der Waals surface area contributed by atoms with E-state index in [-0.39, 0.29) is 18.4 Å². The van der Waals surface area contributed by atoms with E-state index in [4.69, 9.17) is 4.74 Å². The molecule has 0 aliphatic heterocycles. The first kappa shape index (κ1) is 28.5.